The number of nitrogens with one attached hydrogen (secondary N) is 1. The molecule has 0 aliphatic heterocycles. The van der Waals surface area contributed by atoms with Crippen molar-refractivity contribution in [1.29, 1.82) is 0 Å². The number of hydrogen-bond donors (Lipinski definition) is 3. The lowest BCUT2D eigenvalue weighted by Gasteiger charge is -2.09. The van der Waals surface area contributed by atoms with Crippen molar-refractivity contribution in [2.45, 2.75) is 13.0 Å². The number of aliphatic hydroxyl groups is 1. The largest absolute Gasteiger partial charge is 0.385 e. The second kappa shape index (κ2) is 4.84. The topological polar surface area (TPSA) is 59.9 Å². The summed E-state index contributed by atoms with van der Waals surface area (Å²) in [6, 6.07) is 8.09. The van der Waals surface area contributed by atoms with E-state index in [1.54, 1.807) is 0 Å². The van der Waals surface area contributed by atoms with Crippen LogP contribution < -0.4 is 11.1 Å². The minimum Gasteiger partial charge on any atom is -0.385 e. The molecular weight excluding hydrogens is 164 g/mol. The van der Waals surface area contributed by atoms with Crippen molar-refractivity contribution in [3.8, 4) is 0 Å². The third kappa shape index (κ3) is 3.44. The summed E-state index contributed by atoms with van der Waals surface area (Å²) < 4.78 is 0. The van der Waals surface area contributed by atoms with Crippen LogP contribution in [-0.2, 0) is 0 Å². The van der Waals surface area contributed by atoms with Crippen LogP contribution in [0.25, 0.3) is 0 Å². The normalized spacial score (nSPS) is 12.5. The van der Waals surface area contributed by atoms with Crippen LogP contribution in [0.4, 0.5) is 5.69 Å². The number of anilines is 1. The molecule has 0 fully saturated rings. The molecule has 0 aliphatic carbocycles. The molecule has 0 saturated carbocycles. The Bertz CT molecular complexity index is 246. The molecule has 0 radical (unpaired) electrons. The Morgan fingerprint density at radius 3 is 2.54 bits per heavy atom. The van der Waals surface area contributed by atoms with Gasteiger partial charge in [-0.05, 0) is 19.1 Å². The van der Waals surface area contributed by atoms with Gasteiger partial charge in [-0.1, -0.05) is 17.7 Å². The highest BCUT2D eigenvalue weighted by molar-refractivity contribution is 5.44. The van der Waals surface area contributed by atoms with Crippen LogP contribution in [-0.4, -0.2) is 24.3 Å². The van der Waals surface area contributed by atoms with Gasteiger partial charge in [0.1, 0.15) is 12.6 Å². The van der Waals surface area contributed by atoms with Gasteiger partial charge in [-0.3, -0.25) is 0 Å². The van der Waals surface area contributed by atoms with Gasteiger partial charge in [0.2, 0.25) is 0 Å². The van der Waals surface area contributed by atoms with E-state index in [4.69, 9.17) is 0 Å². The van der Waals surface area contributed by atoms with Crippen LogP contribution in [0.3, 0.4) is 0 Å². The first-order chi connectivity index (χ1) is 6.22. The minimum atomic E-state index is -0.360. The Balaban J connectivity index is 2.41. The molecule has 0 heterocycles. The zero-order valence-corrected chi connectivity index (χ0v) is 7.96. The van der Waals surface area contributed by atoms with Gasteiger partial charge in [0.15, 0.2) is 0 Å². The highest BCUT2D eigenvalue weighted by Crippen LogP contribution is 2.07. The van der Waals surface area contributed by atoms with Gasteiger partial charge in [0, 0.05) is 12.2 Å². The van der Waals surface area contributed by atoms with E-state index < -0.39 is 0 Å². The van der Waals surface area contributed by atoms with E-state index in [0.717, 1.165) is 5.69 Å². The molecule has 1 aromatic rings. The quantitative estimate of drug-likeness (QED) is 0.613. The van der Waals surface area contributed by atoms with Crippen molar-refractivity contribution in [1.82, 2.24) is 0 Å². The zero-order valence-electron chi connectivity index (χ0n) is 7.96. The molecule has 72 valence electrons. The summed E-state index contributed by atoms with van der Waals surface area (Å²) in [7, 11) is 0. The highest BCUT2D eigenvalue weighted by atomic mass is 16.3. The lowest BCUT2D eigenvalue weighted by Crippen LogP contribution is -2.57. The van der Waals surface area contributed by atoms with Gasteiger partial charge in [-0.25, -0.2) is 0 Å². The summed E-state index contributed by atoms with van der Waals surface area (Å²) in [5.41, 5.74) is 5.90. The molecule has 1 atom stereocenters. The number of benzene rings is 1. The predicted molar refractivity (Wildman–Crippen MR) is 53.4 cm³/mol. The number of hydrogen-bond acceptors (Lipinski definition) is 2. The molecule has 5 N–H and O–H groups in total. The average Bonchev–Trinajstić information content (AvgIpc) is 2.16. The lowest BCUT2D eigenvalue weighted by atomic mass is 10.2. The van der Waals surface area contributed by atoms with Crippen molar-refractivity contribution >= 4 is 5.69 Å². The summed E-state index contributed by atoms with van der Waals surface area (Å²) in [4.78, 5) is 0. The maximum absolute atomic E-state index is 9.25. The number of quaternary nitrogens is 1. The van der Waals surface area contributed by atoms with Crippen molar-refractivity contribution in [3.63, 3.8) is 0 Å². The Kier molecular flexibility index (Phi) is 3.73. The Hall–Kier alpha value is -1.06. The first-order valence-corrected chi connectivity index (χ1v) is 4.50. The molecule has 3 nitrogen and oxygen atoms in total. The Labute approximate surface area is 78.6 Å². The summed E-state index contributed by atoms with van der Waals surface area (Å²) in [6.45, 7) is 3.15. The lowest BCUT2D eigenvalue weighted by molar-refractivity contribution is -0.382. The van der Waals surface area contributed by atoms with E-state index in [1.807, 2.05) is 24.3 Å². The van der Waals surface area contributed by atoms with Crippen LogP contribution in [0.5, 0.6) is 0 Å². The summed E-state index contributed by atoms with van der Waals surface area (Å²) in [5.74, 6) is 0. The van der Waals surface area contributed by atoms with Gasteiger partial charge < -0.3 is 16.2 Å². The summed E-state index contributed by atoms with van der Waals surface area (Å²) in [5, 5.41) is 12.4. The summed E-state index contributed by atoms with van der Waals surface area (Å²) >= 11 is 0. The van der Waals surface area contributed by atoms with Gasteiger partial charge in [0.05, 0.1) is 0 Å². The van der Waals surface area contributed by atoms with E-state index in [2.05, 4.69) is 18.0 Å². The molecule has 1 aromatic carbocycles. The van der Waals surface area contributed by atoms with Crippen molar-refractivity contribution < 1.29 is 10.8 Å². The van der Waals surface area contributed by atoms with Crippen molar-refractivity contribution in [2.24, 2.45) is 0 Å². The molecule has 0 aromatic heterocycles. The molecule has 0 bridgehead atoms. The van der Waals surface area contributed by atoms with E-state index in [9.17, 15) is 5.11 Å². The fourth-order valence-electron chi connectivity index (χ4n) is 1.01. The van der Waals surface area contributed by atoms with Gasteiger partial charge in [-0.2, -0.15) is 0 Å². The molecule has 0 amide bonds. The van der Waals surface area contributed by atoms with E-state index in [-0.39, 0.29) is 6.10 Å². The smallest absolute Gasteiger partial charge is 0.120 e. The molecule has 13 heavy (non-hydrogen) atoms. The van der Waals surface area contributed by atoms with Crippen molar-refractivity contribution in [2.75, 3.05) is 18.4 Å². The molecule has 3 heteroatoms. The van der Waals surface area contributed by atoms with E-state index >= 15 is 0 Å². The molecule has 0 saturated heterocycles. The van der Waals surface area contributed by atoms with Crippen LogP contribution in [0.15, 0.2) is 24.3 Å². The maximum atomic E-state index is 9.25. The van der Waals surface area contributed by atoms with Crippen LogP contribution >= 0.6 is 0 Å². The Morgan fingerprint density at radius 2 is 2.00 bits per heavy atom. The number of rotatable bonds is 4. The van der Waals surface area contributed by atoms with Crippen LogP contribution in [0.1, 0.15) is 5.56 Å². The van der Waals surface area contributed by atoms with E-state index in [0.29, 0.717) is 13.1 Å². The van der Waals surface area contributed by atoms with Gasteiger partial charge in [0.25, 0.3) is 0 Å². The first-order valence-electron chi connectivity index (χ1n) is 4.50. The fourth-order valence-corrected chi connectivity index (χ4v) is 1.01. The van der Waals surface area contributed by atoms with Crippen LogP contribution in [0.2, 0.25) is 0 Å². The molecule has 0 aliphatic rings. The van der Waals surface area contributed by atoms with Crippen LogP contribution in [0, 0.1) is 6.92 Å². The SMILES string of the molecule is Cc1ccc(NC[C@@H](O)C[NH3+])cc1. The highest BCUT2D eigenvalue weighted by Gasteiger charge is 2.01. The molecule has 0 unspecified atom stereocenters. The fraction of sp³-hybridized carbons (Fsp3) is 0.400. The zero-order chi connectivity index (χ0) is 9.68. The third-order valence-corrected chi connectivity index (χ3v) is 1.93. The predicted octanol–water partition coefficient (Wildman–Crippen LogP) is 0.00972. The molecular formula is C10H17N2O+. The first kappa shape index (κ1) is 10.0. The standard InChI is InChI=1S/C10H16N2O/c1-8-2-4-9(5-3-8)12-7-10(13)6-11/h2-5,10,12-13H,6-7,11H2,1H3/p+1/t10-/m0/s1. The maximum Gasteiger partial charge on any atom is 0.120 e. The summed E-state index contributed by atoms with van der Waals surface area (Å²) in [6.07, 6.45) is -0.360. The van der Waals surface area contributed by atoms with Gasteiger partial charge >= 0.3 is 0 Å². The number of aliphatic hydroxyl groups excluding tert-OH is 1. The second-order valence-corrected chi connectivity index (χ2v) is 3.19. The monoisotopic (exact) mass is 181 g/mol. The van der Waals surface area contributed by atoms with Crippen molar-refractivity contribution in [3.05, 3.63) is 29.8 Å². The van der Waals surface area contributed by atoms with E-state index in [1.165, 1.54) is 5.56 Å². The third-order valence-electron chi connectivity index (χ3n) is 1.93. The average molecular weight is 181 g/mol. The minimum absolute atomic E-state index is 0.360. The molecule has 1 rings (SSSR count). The van der Waals surface area contributed by atoms with Gasteiger partial charge in [-0.15, -0.1) is 0 Å². The second-order valence-electron chi connectivity index (χ2n) is 3.19. The number of aryl methyl sites for hydroxylation is 1. The molecule has 0 spiro atoms. The Morgan fingerprint density at radius 1 is 1.38 bits per heavy atom.